The summed E-state index contributed by atoms with van der Waals surface area (Å²) in [6.45, 7) is 0. The number of nitrogens with zero attached hydrogens (tertiary/aromatic N) is 1. The molecule has 0 spiro atoms. The van der Waals surface area contributed by atoms with Gasteiger partial charge in [0, 0.05) is 5.39 Å². The molecule has 0 radical (unpaired) electrons. The van der Waals surface area contributed by atoms with Crippen molar-refractivity contribution in [3.05, 3.63) is 102 Å². The van der Waals surface area contributed by atoms with Crippen molar-refractivity contribution in [2.24, 2.45) is 0 Å². The number of carbonyl (C=O) groups is 2. The minimum Gasteiger partial charge on any atom is -0.273 e. The molecule has 138 valence electrons. The molecule has 2 amide bonds. The number of fused-ring (bicyclic) bond motifs is 7. The zero-order valence-electron chi connectivity index (χ0n) is 15.6. The summed E-state index contributed by atoms with van der Waals surface area (Å²) in [7, 11) is 0. The van der Waals surface area contributed by atoms with Crippen LogP contribution in [0.2, 0.25) is 0 Å². The molecule has 1 aliphatic heterocycles. The standard InChI is InChI=1S/C26H17NO2/c28-25-23-20-13-5-3-11-18(20)19-12-4-6-14-21(19)24(23)26(29)27(25)22-15-7-9-16-8-1-2-10-17(16)22/h1-15,23-24H/t23-,24+. The van der Waals surface area contributed by atoms with Gasteiger partial charge in [0.25, 0.3) is 0 Å². The first-order valence-corrected chi connectivity index (χ1v) is 9.79. The quantitative estimate of drug-likeness (QED) is 0.426. The van der Waals surface area contributed by atoms with Gasteiger partial charge in [0.15, 0.2) is 0 Å². The zero-order chi connectivity index (χ0) is 19.5. The summed E-state index contributed by atoms with van der Waals surface area (Å²) in [5.74, 6) is -1.24. The fourth-order valence-corrected chi connectivity index (χ4v) is 4.96. The van der Waals surface area contributed by atoms with E-state index in [2.05, 4.69) is 0 Å². The molecule has 3 nitrogen and oxygen atoms in total. The molecule has 0 N–H and O–H groups in total. The summed E-state index contributed by atoms with van der Waals surface area (Å²) >= 11 is 0. The van der Waals surface area contributed by atoms with Crippen LogP contribution in [0.5, 0.6) is 0 Å². The minimum atomic E-state index is -0.479. The van der Waals surface area contributed by atoms with Crippen molar-refractivity contribution in [1.29, 1.82) is 0 Å². The Morgan fingerprint density at radius 1 is 0.552 bits per heavy atom. The van der Waals surface area contributed by atoms with E-state index in [4.69, 9.17) is 0 Å². The fraction of sp³-hybridized carbons (Fsp3) is 0.0769. The average Bonchev–Trinajstić information content (AvgIpc) is 3.04. The highest BCUT2D eigenvalue weighted by molar-refractivity contribution is 6.29. The lowest BCUT2D eigenvalue weighted by Crippen LogP contribution is -2.30. The number of rotatable bonds is 1. The maximum Gasteiger partial charge on any atom is 0.242 e. The second-order valence-electron chi connectivity index (χ2n) is 7.64. The molecule has 0 unspecified atom stereocenters. The maximum absolute atomic E-state index is 13.7. The molecule has 1 aliphatic carbocycles. The molecule has 3 heteroatoms. The molecule has 1 heterocycles. The molecular formula is C26H17NO2. The monoisotopic (exact) mass is 375 g/mol. The van der Waals surface area contributed by atoms with Gasteiger partial charge in [0.1, 0.15) is 0 Å². The zero-order valence-corrected chi connectivity index (χ0v) is 15.6. The Labute approximate surface area is 168 Å². The first-order chi connectivity index (χ1) is 14.3. The predicted octanol–water partition coefficient (Wildman–Crippen LogP) is 5.26. The Hall–Kier alpha value is -3.72. The van der Waals surface area contributed by atoms with Crippen molar-refractivity contribution in [2.45, 2.75) is 11.8 Å². The summed E-state index contributed by atoms with van der Waals surface area (Å²) in [6, 6.07) is 29.6. The van der Waals surface area contributed by atoms with Crippen LogP contribution in [0.4, 0.5) is 5.69 Å². The van der Waals surface area contributed by atoms with Gasteiger partial charge < -0.3 is 0 Å². The van der Waals surface area contributed by atoms with Crippen molar-refractivity contribution >= 4 is 28.3 Å². The number of hydrogen-bond acceptors (Lipinski definition) is 2. The SMILES string of the molecule is O=C1[C@@H]2c3ccccc3-c3ccccc3[C@@H]2C(=O)N1c1cccc2ccccc12. The van der Waals surface area contributed by atoms with Gasteiger partial charge >= 0.3 is 0 Å². The molecule has 2 atom stereocenters. The van der Waals surface area contributed by atoms with Gasteiger partial charge in [-0.25, -0.2) is 4.90 Å². The third-order valence-electron chi connectivity index (χ3n) is 6.20. The van der Waals surface area contributed by atoms with Gasteiger partial charge in [-0.05, 0) is 33.7 Å². The first-order valence-electron chi connectivity index (χ1n) is 9.79. The molecule has 0 aromatic heterocycles. The van der Waals surface area contributed by atoms with Crippen LogP contribution >= 0.6 is 0 Å². The summed E-state index contributed by atoms with van der Waals surface area (Å²) in [5.41, 5.74) is 4.65. The van der Waals surface area contributed by atoms with Crippen LogP contribution in [0, 0.1) is 0 Å². The summed E-state index contributed by atoms with van der Waals surface area (Å²) in [4.78, 5) is 28.8. The van der Waals surface area contributed by atoms with E-state index in [-0.39, 0.29) is 11.8 Å². The van der Waals surface area contributed by atoms with E-state index < -0.39 is 11.8 Å². The molecule has 29 heavy (non-hydrogen) atoms. The fourth-order valence-electron chi connectivity index (χ4n) is 4.96. The Bertz CT molecular complexity index is 1250. The lowest BCUT2D eigenvalue weighted by atomic mass is 9.73. The lowest BCUT2D eigenvalue weighted by molar-refractivity contribution is -0.121. The highest BCUT2D eigenvalue weighted by Crippen LogP contribution is 2.52. The summed E-state index contributed by atoms with van der Waals surface area (Å²) in [6.07, 6.45) is 0. The number of amides is 2. The van der Waals surface area contributed by atoms with E-state index in [0.717, 1.165) is 33.0 Å². The highest BCUT2D eigenvalue weighted by atomic mass is 16.2. The summed E-state index contributed by atoms with van der Waals surface area (Å²) < 4.78 is 0. The van der Waals surface area contributed by atoms with Gasteiger partial charge in [0.05, 0.1) is 17.5 Å². The number of hydrogen-bond donors (Lipinski definition) is 0. The summed E-state index contributed by atoms with van der Waals surface area (Å²) in [5, 5.41) is 1.93. The van der Waals surface area contributed by atoms with Gasteiger partial charge in [-0.1, -0.05) is 84.9 Å². The van der Waals surface area contributed by atoms with Crippen LogP contribution in [-0.2, 0) is 9.59 Å². The van der Waals surface area contributed by atoms with Crippen LogP contribution in [0.25, 0.3) is 21.9 Å². The first kappa shape index (κ1) is 16.3. The maximum atomic E-state index is 13.7. The molecule has 1 fully saturated rings. The Morgan fingerprint density at radius 2 is 1.07 bits per heavy atom. The number of anilines is 1. The number of carbonyl (C=O) groups excluding carboxylic acids is 2. The van der Waals surface area contributed by atoms with Crippen LogP contribution in [0.3, 0.4) is 0 Å². The highest BCUT2D eigenvalue weighted by Gasteiger charge is 2.53. The van der Waals surface area contributed by atoms with Crippen molar-refractivity contribution in [3.8, 4) is 11.1 Å². The average molecular weight is 375 g/mol. The molecular weight excluding hydrogens is 358 g/mol. The minimum absolute atomic E-state index is 0.140. The Kier molecular flexibility index (Phi) is 3.30. The third kappa shape index (κ3) is 2.13. The molecule has 2 aliphatic rings. The van der Waals surface area contributed by atoms with Crippen LogP contribution in [0.1, 0.15) is 23.0 Å². The normalized spacial score (nSPS) is 19.8. The van der Waals surface area contributed by atoms with Crippen molar-refractivity contribution in [2.75, 3.05) is 4.90 Å². The van der Waals surface area contributed by atoms with E-state index in [1.807, 2.05) is 91.0 Å². The number of benzene rings is 4. The lowest BCUT2D eigenvalue weighted by Gasteiger charge is -2.27. The van der Waals surface area contributed by atoms with E-state index in [0.29, 0.717) is 5.69 Å². The molecule has 4 aromatic carbocycles. The molecule has 0 bridgehead atoms. The van der Waals surface area contributed by atoms with Crippen LogP contribution in [-0.4, -0.2) is 11.8 Å². The Balaban J connectivity index is 1.60. The molecule has 4 aromatic rings. The van der Waals surface area contributed by atoms with E-state index >= 15 is 0 Å². The third-order valence-corrected chi connectivity index (χ3v) is 6.20. The smallest absolute Gasteiger partial charge is 0.242 e. The van der Waals surface area contributed by atoms with E-state index in [1.54, 1.807) is 0 Å². The van der Waals surface area contributed by atoms with Crippen LogP contribution in [0.15, 0.2) is 91.0 Å². The van der Waals surface area contributed by atoms with Crippen molar-refractivity contribution in [3.63, 3.8) is 0 Å². The molecule has 0 saturated carbocycles. The van der Waals surface area contributed by atoms with Gasteiger partial charge in [0.2, 0.25) is 11.8 Å². The number of imide groups is 1. The predicted molar refractivity (Wildman–Crippen MR) is 114 cm³/mol. The molecule has 1 saturated heterocycles. The largest absolute Gasteiger partial charge is 0.273 e. The molecule has 6 rings (SSSR count). The van der Waals surface area contributed by atoms with Gasteiger partial charge in [-0.15, -0.1) is 0 Å². The van der Waals surface area contributed by atoms with E-state index in [1.165, 1.54) is 4.90 Å². The Morgan fingerprint density at radius 3 is 1.72 bits per heavy atom. The van der Waals surface area contributed by atoms with Gasteiger partial charge in [-0.2, -0.15) is 0 Å². The topological polar surface area (TPSA) is 37.4 Å². The van der Waals surface area contributed by atoms with Crippen LogP contribution < -0.4 is 4.90 Å². The van der Waals surface area contributed by atoms with Crippen molar-refractivity contribution < 1.29 is 9.59 Å². The van der Waals surface area contributed by atoms with Gasteiger partial charge in [-0.3, -0.25) is 9.59 Å². The second kappa shape index (κ2) is 5.89. The van der Waals surface area contributed by atoms with E-state index in [9.17, 15) is 9.59 Å². The second-order valence-corrected chi connectivity index (χ2v) is 7.64. The van der Waals surface area contributed by atoms with Crippen molar-refractivity contribution in [1.82, 2.24) is 0 Å².